The van der Waals surface area contributed by atoms with Gasteiger partial charge in [-0.25, -0.2) is 0 Å². The first kappa shape index (κ1) is 36.8. The number of unbranched alkanes of at least 4 members (excludes halogenated alkanes) is 1. The predicted octanol–water partition coefficient (Wildman–Crippen LogP) is 2.83. The number of fused-ring (bicyclic) bond motifs is 1. The summed E-state index contributed by atoms with van der Waals surface area (Å²) in [4.78, 5) is 24.7. The average Bonchev–Trinajstić information content (AvgIpc) is 2.99. The highest BCUT2D eigenvalue weighted by molar-refractivity contribution is 5.82. The Labute approximate surface area is 262 Å². The lowest BCUT2D eigenvalue weighted by Crippen LogP contribution is -2.69. The molecule has 0 radical (unpaired) electrons. The summed E-state index contributed by atoms with van der Waals surface area (Å²) in [6.45, 7) is 9.97. The van der Waals surface area contributed by atoms with Gasteiger partial charge in [-0.1, -0.05) is 39.8 Å². The summed E-state index contributed by atoms with van der Waals surface area (Å²) in [7, 11) is 4.41. The Morgan fingerprint density at radius 2 is 1.75 bits per heavy atom. The van der Waals surface area contributed by atoms with Crippen molar-refractivity contribution in [2.75, 3.05) is 28.1 Å². The monoisotopic (exact) mass is 629 g/mol. The first-order valence-corrected chi connectivity index (χ1v) is 15.8. The van der Waals surface area contributed by atoms with Crippen LogP contribution in [0.25, 0.3) is 0 Å². The molecule has 0 bridgehead atoms. The van der Waals surface area contributed by atoms with E-state index in [1.54, 1.807) is 7.11 Å². The molecular weight excluding hydrogens is 574 g/mol. The summed E-state index contributed by atoms with van der Waals surface area (Å²) in [6.07, 6.45) is 2.17. The SMILES string of the molecule is COC(=O)CC/C=C/CCC[C@@H](O)C[C@H]1O[C@H]2[C@H](OCO[C@H]2NC(=O)[C@@H](O)[C@@]2(OC)CC(C)[C@@H](C)[C@@H](C)O2)[C@@H](OC)C1(C)C. The van der Waals surface area contributed by atoms with E-state index in [-0.39, 0.29) is 30.7 Å². The Morgan fingerprint density at radius 1 is 1.05 bits per heavy atom. The van der Waals surface area contributed by atoms with Crippen LogP contribution in [0, 0.1) is 17.3 Å². The van der Waals surface area contributed by atoms with E-state index in [0.29, 0.717) is 32.1 Å². The predicted molar refractivity (Wildman–Crippen MR) is 160 cm³/mol. The zero-order valence-electron chi connectivity index (χ0n) is 27.7. The highest BCUT2D eigenvalue weighted by Gasteiger charge is 2.57. The van der Waals surface area contributed by atoms with Gasteiger partial charge >= 0.3 is 5.97 Å². The lowest BCUT2D eigenvalue weighted by molar-refractivity contribution is -0.334. The minimum Gasteiger partial charge on any atom is -0.469 e. The first-order valence-electron chi connectivity index (χ1n) is 15.8. The van der Waals surface area contributed by atoms with Gasteiger partial charge in [0.25, 0.3) is 5.91 Å². The summed E-state index contributed by atoms with van der Waals surface area (Å²) in [5.41, 5.74) is -0.533. The third-order valence-corrected chi connectivity index (χ3v) is 9.80. The van der Waals surface area contributed by atoms with Crippen LogP contribution < -0.4 is 5.32 Å². The van der Waals surface area contributed by atoms with Gasteiger partial charge in [0.15, 0.2) is 12.3 Å². The number of aliphatic hydroxyl groups is 2. The Hall–Kier alpha value is -1.64. The van der Waals surface area contributed by atoms with Crippen LogP contribution in [0.4, 0.5) is 0 Å². The third-order valence-electron chi connectivity index (χ3n) is 9.80. The lowest BCUT2D eigenvalue weighted by Gasteiger charge is -2.54. The molecule has 3 aliphatic rings. The fraction of sp³-hybridized carbons (Fsp3) is 0.875. The van der Waals surface area contributed by atoms with E-state index >= 15 is 0 Å². The third kappa shape index (κ3) is 8.58. The minimum atomic E-state index is -1.61. The molecule has 3 N–H and O–H groups in total. The quantitative estimate of drug-likeness (QED) is 0.148. The van der Waals surface area contributed by atoms with Crippen molar-refractivity contribution in [1.29, 1.82) is 0 Å². The van der Waals surface area contributed by atoms with Gasteiger partial charge in [0, 0.05) is 38.9 Å². The maximum atomic E-state index is 13.4. The Morgan fingerprint density at radius 3 is 2.39 bits per heavy atom. The topological polar surface area (TPSA) is 151 Å². The van der Waals surface area contributed by atoms with Gasteiger partial charge in [0.1, 0.15) is 19.0 Å². The molecule has 44 heavy (non-hydrogen) atoms. The summed E-state index contributed by atoms with van der Waals surface area (Å²) >= 11 is 0. The van der Waals surface area contributed by atoms with Crippen LogP contribution >= 0.6 is 0 Å². The standard InChI is InChI=1S/C32H55NO11/c1-19-17-32(40-8,44-21(3)20(19)2)27(36)29(37)33-30-26-25(41-18-42-30)28(39-7)31(4,5)23(43-26)16-22(34)14-12-10-9-11-13-15-24(35)38-6/h9,11,19-23,25-28,30,34,36H,10,12-18H2,1-8H3,(H,33,37)/b11-9+/t19?,20-,21-,22-,23-,25+,26+,27-,28-,30-,32-/m1/s1. The fourth-order valence-corrected chi connectivity index (χ4v) is 6.63. The highest BCUT2D eigenvalue weighted by atomic mass is 16.7. The molecule has 0 aromatic rings. The maximum Gasteiger partial charge on any atom is 0.305 e. The van der Waals surface area contributed by atoms with E-state index < -0.39 is 60.0 Å². The van der Waals surface area contributed by atoms with Crippen LogP contribution in [0.5, 0.6) is 0 Å². The Bertz CT molecular complexity index is 946. The number of nitrogens with one attached hydrogen (secondary N) is 1. The van der Waals surface area contributed by atoms with Gasteiger partial charge in [-0.05, 0) is 44.4 Å². The second-order valence-electron chi connectivity index (χ2n) is 13.1. The molecule has 0 saturated carbocycles. The van der Waals surface area contributed by atoms with Crippen molar-refractivity contribution in [2.24, 2.45) is 17.3 Å². The number of carbonyl (C=O) groups excluding carboxylic acids is 2. The van der Waals surface area contributed by atoms with Gasteiger partial charge in [-0.2, -0.15) is 0 Å². The van der Waals surface area contributed by atoms with Crippen LogP contribution in [-0.4, -0.2) is 105 Å². The molecule has 3 heterocycles. The van der Waals surface area contributed by atoms with E-state index in [0.717, 1.165) is 12.8 Å². The normalized spacial score (nSPS) is 36.8. The molecule has 12 heteroatoms. The molecule has 0 spiro atoms. The molecule has 3 saturated heterocycles. The maximum absolute atomic E-state index is 13.4. The average molecular weight is 630 g/mol. The zero-order valence-corrected chi connectivity index (χ0v) is 27.7. The summed E-state index contributed by atoms with van der Waals surface area (Å²) in [5, 5.41) is 24.9. The molecule has 12 nitrogen and oxygen atoms in total. The number of hydrogen-bond acceptors (Lipinski definition) is 11. The van der Waals surface area contributed by atoms with Crippen molar-refractivity contribution in [3.8, 4) is 0 Å². The van der Waals surface area contributed by atoms with Crippen molar-refractivity contribution in [1.82, 2.24) is 5.32 Å². The van der Waals surface area contributed by atoms with Gasteiger partial charge in [0.2, 0.25) is 5.79 Å². The van der Waals surface area contributed by atoms with Gasteiger partial charge in [-0.3, -0.25) is 9.59 Å². The van der Waals surface area contributed by atoms with Gasteiger partial charge in [0.05, 0.1) is 31.5 Å². The number of hydrogen-bond donors (Lipinski definition) is 3. The van der Waals surface area contributed by atoms with Crippen molar-refractivity contribution in [2.45, 2.75) is 134 Å². The fourth-order valence-electron chi connectivity index (χ4n) is 6.63. The molecule has 1 amide bonds. The van der Waals surface area contributed by atoms with Crippen LogP contribution in [0.2, 0.25) is 0 Å². The van der Waals surface area contributed by atoms with Crippen LogP contribution in [0.15, 0.2) is 12.2 Å². The molecule has 3 fully saturated rings. The molecule has 0 aromatic heterocycles. The second-order valence-corrected chi connectivity index (χ2v) is 13.1. The van der Waals surface area contributed by atoms with Crippen LogP contribution in [0.3, 0.4) is 0 Å². The number of amides is 1. The number of ether oxygens (including phenoxy) is 7. The number of methoxy groups -OCH3 is 3. The Balaban J connectivity index is 1.64. The van der Waals surface area contributed by atoms with Crippen molar-refractivity contribution in [3.63, 3.8) is 0 Å². The van der Waals surface area contributed by atoms with Gasteiger partial charge in [-0.15, -0.1) is 0 Å². The van der Waals surface area contributed by atoms with Crippen molar-refractivity contribution in [3.05, 3.63) is 12.2 Å². The molecule has 0 aliphatic carbocycles. The Kier molecular flexibility index (Phi) is 13.6. The smallest absolute Gasteiger partial charge is 0.305 e. The van der Waals surface area contributed by atoms with Crippen molar-refractivity contribution < 1.29 is 53.0 Å². The van der Waals surface area contributed by atoms with E-state index in [4.69, 9.17) is 28.4 Å². The largest absolute Gasteiger partial charge is 0.469 e. The number of allylic oxidation sites excluding steroid dienone is 2. The number of rotatable bonds is 14. The molecule has 254 valence electrons. The van der Waals surface area contributed by atoms with E-state index in [1.165, 1.54) is 14.2 Å². The molecule has 3 aliphatic heterocycles. The molecule has 11 atom stereocenters. The summed E-state index contributed by atoms with van der Waals surface area (Å²) < 4.78 is 40.6. The van der Waals surface area contributed by atoms with Crippen LogP contribution in [-0.2, 0) is 42.7 Å². The minimum absolute atomic E-state index is 0.0978. The van der Waals surface area contributed by atoms with E-state index in [9.17, 15) is 19.8 Å². The molecular formula is C32H55NO11. The number of esters is 1. The van der Waals surface area contributed by atoms with E-state index in [1.807, 2.05) is 32.9 Å². The highest BCUT2D eigenvalue weighted by Crippen LogP contribution is 2.44. The first-order chi connectivity index (χ1) is 20.8. The molecule has 0 aromatic carbocycles. The molecule has 1 unspecified atom stereocenters. The lowest BCUT2D eigenvalue weighted by atomic mass is 9.72. The van der Waals surface area contributed by atoms with Crippen LogP contribution in [0.1, 0.15) is 79.6 Å². The summed E-state index contributed by atoms with van der Waals surface area (Å²) in [6, 6.07) is 0. The number of carbonyl (C=O) groups is 2. The number of aliphatic hydroxyl groups excluding tert-OH is 2. The van der Waals surface area contributed by atoms with Crippen molar-refractivity contribution >= 4 is 11.9 Å². The zero-order chi connectivity index (χ0) is 32.7. The second kappa shape index (κ2) is 16.3. The summed E-state index contributed by atoms with van der Waals surface area (Å²) in [5.74, 6) is -2.04. The molecule has 3 rings (SSSR count). The van der Waals surface area contributed by atoms with Gasteiger partial charge < -0.3 is 48.7 Å². The van der Waals surface area contributed by atoms with E-state index in [2.05, 4.69) is 23.9 Å².